The van der Waals surface area contributed by atoms with Crippen LogP contribution in [0.15, 0.2) is 56.1 Å². The van der Waals surface area contributed by atoms with Crippen molar-refractivity contribution in [2.75, 3.05) is 0 Å². The molecule has 1 atom stereocenters. The van der Waals surface area contributed by atoms with Gasteiger partial charge in [0.25, 0.3) is 5.91 Å². The van der Waals surface area contributed by atoms with Gasteiger partial charge >= 0.3 is 5.63 Å². The fourth-order valence-corrected chi connectivity index (χ4v) is 3.26. The average molecular weight is 372 g/mol. The Balaban J connectivity index is 2.00. The molecule has 0 radical (unpaired) electrons. The van der Waals surface area contributed by atoms with Gasteiger partial charge in [0, 0.05) is 10.0 Å². The molecule has 1 aliphatic rings. The zero-order valence-electron chi connectivity index (χ0n) is 11.7. The molecule has 1 aliphatic heterocycles. The van der Waals surface area contributed by atoms with Gasteiger partial charge in [0.1, 0.15) is 16.9 Å². The van der Waals surface area contributed by atoms with E-state index in [4.69, 9.17) is 4.42 Å². The summed E-state index contributed by atoms with van der Waals surface area (Å²) in [6, 6.07) is 11.2. The summed E-state index contributed by atoms with van der Waals surface area (Å²) in [5.74, 6) is -0.460. The predicted octanol–water partition coefficient (Wildman–Crippen LogP) is 3.09. The first-order valence-corrected chi connectivity index (χ1v) is 7.70. The lowest BCUT2D eigenvalue weighted by atomic mass is 9.98. The molecule has 1 unspecified atom stereocenters. The smallest absolute Gasteiger partial charge is 0.345 e. The summed E-state index contributed by atoms with van der Waals surface area (Å²) < 4.78 is 6.05. The number of carbonyl (C=O) groups is 1. The number of amides is 1. The molecule has 1 amide bonds. The fraction of sp³-hybridized carbons (Fsp3) is 0.0588. The third-order valence-electron chi connectivity index (χ3n) is 3.95. The first-order valence-electron chi connectivity index (χ1n) is 6.91. The van der Waals surface area contributed by atoms with E-state index >= 15 is 0 Å². The molecule has 2 N–H and O–H groups in total. The lowest BCUT2D eigenvalue weighted by Crippen LogP contribution is -2.24. The molecular formula is C17H10BrNO4. The molecule has 2 heterocycles. The van der Waals surface area contributed by atoms with E-state index in [-0.39, 0.29) is 22.8 Å². The second-order valence-electron chi connectivity index (χ2n) is 5.29. The van der Waals surface area contributed by atoms with Crippen LogP contribution in [0.5, 0.6) is 5.75 Å². The van der Waals surface area contributed by atoms with Gasteiger partial charge in [-0.25, -0.2) is 4.79 Å². The molecule has 4 rings (SSSR count). The number of rotatable bonds is 1. The van der Waals surface area contributed by atoms with Gasteiger partial charge in [0.15, 0.2) is 0 Å². The van der Waals surface area contributed by atoms with E-state index in [1.54, 1.807) is 42.5 Å². The summed E-state index contributed by atoms with van der Waals surface area (Å²) in [5, 5.41) is 13.7. The van der Waals surface area contributed by atoms with Gasteiger partial charge in [-0.05, 0) is 29.8 Å². The second kappa shape index (κ2) is 4.96. The molecule has 23 heavy (non-hydrogen) atoms. The number of benzene rings is 2. The molecule has 6 heteroatoms. The normalized spacial score (nSPS) is 16.4. The topological polar surface area (TPSA) is 79.5 Å². The van der Waals surface area contributed by atoms with Crippen molar-refractivity contribution in [3.63, 3.8) is 0 Å². The summed E-state index contributed by atoms with van der Waals surface area (Å²) in [6.45, 7) is 0. The monoisotopic (exact) mass is 371 g/mol. The van der Waals surface area contributed by atoms with E-state index in [1.807, 2.05) is 0 Å². The van der Waals surface area contributed by atoms with E-state index in [1.165, 1.54) is 0 Å². The van der Waals surface area contributed by atoms with Crippen LogP contribution in [0.25, 0.3) is 11.0 Å². The van der Waals surface area contributed by atoms with E-state index in [2.05, 4.69) is 21.2 Å². The molecule has 114 valence electrons. The van der Waals surface area contributed by atoms with Crippen molar-refractivity contribution in [3.05, 3.63) is 74.0 Å². The third kappa shape index (κ3) is 2.06. The number of fused-ring (bicyclic) bond motifs is 2. The van der Waals surface area contributed by atoms with Crippen LogP contribution in [0, 0.1) is 0 Å². The third-order valence-corrected chi connectivity index (χ3v) is 4.45. The molecule has 0 bridgehead atoms. The Morgan fingerprint density at radius 1 is 1.13 bits per heavy atom. The minimum absolute atomic E-state index is 0.0360. The largest absolute Gasteiger partial charge is 0.507 e. The number of hydrogen-bond donors (Lipinski definition) is 2. The summed E-state index contributed by atoms with van der Waals surface area (Å²) >= 11 is 3.33. The van der Waals surface area contributed by atoms with Crippen molar-refractivity contribution in [1.29, 1.82) is 0 Å². The van der Waals surface area contributed by atoms with E-state index in [0.29, 0.717) is 16.5 Å². The maximum Gasteiger partial charge on any atom is 0.345 e. The Morgan fingerprint density at radius 2 is 1.91 bits per heavy atom. The van der Waals surface area contributed by atoms with Gasteiger partial charge in [-0.3, -0.25) is 4.79 Å². The highest BCUT2D eigenvalue weighted by Gasteiger charge is 2.34. The van der Waals surface area contributed by atoms with Crippen LogP contribution in [-0.2, 0) is 0 Å². The molecule has 0 fully saturated rings. The predicted molar refractivity (Wildman–Crippen MR) is 87.6 cm³/mol. The van der Waals surface area contributed by atoms with Crippen LogP contribution >= 0.6 is 15.9 Å². The fourth-order valence-electron chi connectivity index (χ4n) is 2.90. The van der Waals surface area contributed by atoms with Crippen molar-refractivity contribution in [3.8, 4) is 5.75 Å². The summed E-state index contributed by atoms with van der Waals surface area (Å²) in [6.07, 6.45) is 0. The Morgan fingerprint density at radius 3 is 2.74 bits per heavy atom. The van der Waals surface area contributed by atoms with Gasteiger partial charge in [-0.1, -0.05) is 34.1 Å². The van der Waals surface area contributed by atoms with Crippen LogP contribution in [0.2, 0.25) is 0 Å². The standard InChI is InChI=1S/C17H10BrNO4/c18-8-5-6-12-11(7-8)15(20)13(17(22)23-12)14-9-3-1-2-4-10(9)16(21)19-14/h1-7,14,20H,(H,19,21). The SMILES string of the molecule is O=C1NC(c2c(O)c3cc(Br)ccc3oc2=O)c2ccccc21. The van der Waals surface area contributed by atoms with E-state index < -0.39 is 11.7 Å². The lowest BCUT2D eigenvalue weighted by Gasteiger charge is -2.13. The van der Waals surface area contributed by atoms with Crippen LogP contribution in [0.4, 0.5) is 0 Å². The molecule has 0 saturated carbocycles. The zero-order chi connectivity index (χ0) is 16.1. The summed E-state index contributed by atoms with van der Waals surface area (Å²) in [4.78, 5) is 24.4. The number of aromatic hydroxyl groups is 1. The van der Waals surface area contributed by atoms with Crippen LogP contribution in [0.1, 0.15) is 27.5 Å². The Labute approximate surface area is 138 Å². The molecule has 0 saturated heterocycles. The van der Waals surface area contributed by atoms with Gasteiger partial charge in [0.05, 0.1) is 11.4 Å². The zero-order valence-corrected chi connectivity index (χ0v) is 13.3. The molecule has 0 aliphatic carbocycles. The maximum absolute atomic E-state index is 12.4. The Kier molecular flexibility index (Phi) is 3.02. The summed E-state index contributed by atoms with van der Waals surface area (Å²) in [5.41, 5.74) is 0.797. The number of halogens is 1. The second-order valence-corrected chi connectivity index (χ2v) is 6.20. The highest BCUT2D eigenvalue weighted by molar-refractivity contribution is 9.10. The average Bonchev–Trinajstić information content (AvgIpc) is 2.86. The quantitative estimate of drug-likeness (QED) is 0.644. The number of carbonyl (C=O) groups excluding carboxylic acids is 1. The molecule has 5 nitrogen and oxygen atoms in total. The van der Waals surface area contributed by atoms with Crippen molar-refractivity contribution < 1.29 is 14.3 Å². The van der Waals surface area contributed by atoms with Gasteiger partial charge < -0.3 is 14.8 Å². The van der Waals surface area contributed by atoms with Crippen molar-refractivity contribution in [2.45, 2.75) is 6.04 Å². The first kappa shape index (κ1) is 14.0. The molecule has 1 aromatic heterocycles. The van der Waals surface area contributed by atoms with Gasteiger partial charge in [-0.2, -0.15) is 0 Å². The van der Waals surface area contributed by atoms with Crippen LogP contribution in [-0.4, -0.2) is 11.0 Å². The first-order chi connectivity index (χ1) is 11.1. The Bertz CT molecular complexity index is 1020. The van der Waals surface area contributed by atoms with Gasteiger partial charge in [0.2, 0.25) is 0 Å². The van der Waals surface area contributed by atoms with Crippen molar-refractivity contribution in [2.24, 2.45) is 0 Å². The Hall–Kier alpha value is -2.60. The van der Waals surface area contributed by atoms with Crippen molar-refractivity contribution >= 4 is 32.8 Å². The maximum atomic E-state index is 12.4. The minimum atomic E-state index is -0.724. The van der Waals surface area contributed by atoms with E-state index in [0.717, 1.165) is 4.47 Å². The molecule has 3 aromatic rings. The minimum Gasteiger partial charge on any atom is -0.507 e. The highest BCUT2D eigenvalue weighted by Crippen LogP contribution is 2.37. The van der Waals surface area contributed by atoms with E-state index in [9.17, 15) is 14.7 Å². The van der Waals surface area contributed by atoms with Crippen LogP contribution in [0.3, 0.4) is 0 Å². The molecular weight excluding hydrogens is 362 g/mol. The van der Waals surface area contributed by atoms with Crippen molar-refractivity contribution in [1.82, 2.24) is 5.32 Å². The summed E-state index contributed by atoms with van der Waals surface area (Å²) in [7, 11) is 0. The molecule has 2 aromatic carbocycles. The van der Waals surface area contributed by atoms with Crippen LogP contribution < -0.4 is 10.9 Å². The number of nitrogens with one attached hydrogen (secondary N) is 1. The molecule has 0 spiro atoms. The lowest BCUT2D eigenvalue weighted by molar-refractivity contribution is 0.0960. The van der Waals surface area contributed by atoms with Gasteiger partial charge in [-0.15, -0.1) is 0 Å². The number of hydrogen-bond acceptors (Lipinski definition) is 4. The highest BCUT2D eigenvalue weighted by atomic mass is 79.9.